The lowest BCUT2D eigenvalue weighted by Crippen LogP contribution is -2.57. The second-order valence-electron chi connectivity index (χ2n) is 5.23. The highest BCUT2D eigenvalue weighted by molar-refractivity contribution is 6.98. The smallest absolute Gasteiger partial charge is 0.261 e. The van der Waals surface area contributed by atoms with Gasteiger partial charge >= 0.3 is 0 Å². The van der Waals surface area contributed by atoms with Gasteiger partial charge in [-0.15, -0.1) is 0 Å². The van der Waals surface area contributed by atoms with E-state index in [0.29, 0.717) is 5.75 Å². The summed E-state index contributed by atoms with van der Waals surface area (Å²) < 4.78 is 12.0. The molecule has 0 unspecified atom stereocenters. The Bertz CT molecular complexity index is 805. The maximum absolute atomic E-state index is 6.01. The number of hydrogen-bond donors (Lipinski definition) is 0. The molecule has 0 bridgehead atoms. The molecular formula is C18H9BO2. The topological polar surface area (TPSA) is 18.5 Å². The number of para-hydroxylation sites is 2. The van der Waals surface area contributed by atoms with Gasteiger partial charge in [0.2, 0.25) is 0 Å². The predicted molar refractivity (Wildman–Crippen MR) is 81.8 cm³/mol. The van der Waals surface area contributed by atoms with Crippen LogP contribution < -0.4 is 25.9 Å². The molecule has 0 aromatic heterocycles. The van der Waals surface area contributed by atoms with Gasteiger partial charge in [-0.25, -0.2) is 0 Å². The first-order chi connectivity index (χ1) is 10.4. The van der Waals surface area contributed by atoms with Gasteiger partial charge in [-0.05, 0) is 29.1 Å². The highest BCUT2D eigenvalue weighted by Crippen LogP contribution is 2.32. The van der Waals surface area contributed by atoms with Crippen molar-refractivity contribution in [1.29, 1.82) is 0 Å². The van der Waals surface area contributed by atoms with Gasteiger partial charge in [0.15, 0.2) is 5.75 Å². The quantitative estimate of drug-likeness (QED) is 0.400. The Labute approximate surface area is 123 Å². The monoisotopic (exact) mass is 268 g/mol. The molecule has 2 heterocycles. The number of benzene rings is 2. The summed E-state index contributed by atoms with van der Waals surface area (Å²) >= 11 is 0. The first-order valence-electron chi connectivity index (χ1n) is 6.91. The Balaban J connectivity index is 1.88. The lowest BCUT2D eigenvalue weighted by atomic mass is 9.35. The second-order valence-corrected chi connectivity index (χ2v) is 5.23. The standard InChI is InChI=1S/C18H9BO2/c1-3-8-14-12(6-1)19-13-7-2-4-9-15(13)21-17-11-5-10-16(20-14)18(17)19/h1-4,6-10H. The molecule has 21 heavy (non-hydrogen) atoms. The van der Waals surface area contributed by atoms with Gasteiger partial charge in [0.1, 0.15) is 17.2 Å². The summed E-state index contributed by atoms with van der Waals surface area (Å²) in [7, 11) is 0. The third-order valence-electron chi connectivity index (χ3n) is 4.08. The zero-order valence-electron chi connectivity index (χ0n) is 11.1. The molecule has 96 valence electrons. The van der Waals surface area contributed by atoms with Gasteiger partial charge in [0.05, 0.1) is 0 Å². The van der Waals surface area contributed by atoms with Crippen molar-refractivity contribution >= 4 is 23.1 Å². The summed E-state index contributed by atoms with van der Waals surface area (Å²) in [6.45, 7) is 0.135. The van der Waals surface area contributed by atoms with Crippen LogP contribution in [0.2, 0.25) is 0 Å². The zero-order chi connectivity index (χ0) is 13.8. The van der Waals surface area contributed by atoms with Crippen molar-refractivity contribution in [2.24, 2.45) is 0 Å². The van der Waals surface area contributed by atoms with Crippen LogP contribution in [-0.2, 0) is 0 Å². The minimum absolute atomic E-state index is 0.135. The molecular weight excluding hydrogens is 259 g/mol. The molecule has 2 nitrogen and oxygen atoms in total. The fourth-order valence-electron chi connectivity index (χ4n) is 3.19. The molecule has 2 aliphatic heterocycles. The van der Waals surface area contributed by atoms with E-state index in [1.807, 2.05) is 42.5 Å². The van der Waals surface area contributed by atoms with E-state index in [-0.39, 0.29) is 6.71 Å². The molecule has 0 atom stereocenters. The Morgan fingerprint density at radius 3 is 2.19 bits per heavy atom. The fourth-order valence-corrected chi connectivity index (χ4v) is 3.19. The molecule has 0 aliphatic carbocycles. The summed E-state index contributed by atoms with van der Waals surface area (Å²) in [5, 5.41) is 0. The van der Waals surface area contributed by atoms with Crippen LogP contribution in [-0.4, -0.2) is 6.71 Å². The molecule has 0 fully saturated rings. The Morgan fingerprint density at radius 1 is 0.762 bits per heavy atom. The average molecular weight is 268 g/mol. The van der Waals surface area contributed by atoms with Crippen LogP contribution in [0.25, 0.3) is 0 Å². The van der Waals surface area contributed by atoms with E-state index in [1.54, 1.807) is 0 Å². The summed E-state index contributed by atoms with van der Waals surface area (Å²) in [6.07, 6.45) is 0. The van der Waals surface area contributed by atoms with Crippen molar-refractivity contribution in [3.63, 3.8) is 0 Å². The van der Waals surface area contributed by atoms with Crippen LogP contribution in [0, 0.1) is 12.1 Å². The SMILES string of the molecule is c1cc2c3c(c#1)Oc1ccccc1B3c1ccccc1O2. The number of rotatable bonds is 0. The van der Waals surface area contributed by atoms with Crippen molar-refractivity contribution in [2.45, 2.75) is 0 Å². The van der Waals surface area contributed by atoms with Gasteiger partial charge < -0.3 is 9.47 Å². The molecule has 0 saturated carbocycles. The van der Waals surface area contributed by atoms with E-state index in [9.17, 15) is 0 Å². The minimum atomic E-state index is 0.135. The van der Waals surface area contributed by atoms with Crippen molar-refractivity contribution in [3.05, 3.63) is 66.7 Å². The van der Waals surface area contributed by atoms with Crippen LogP contribution in [0.3, 0.4) is 0 Å². The van der Waals surface area contributed by atoms with E-state index in [0.717, 1.165) is 22.7 Å². The molecule has 0 saturated heterocycles. The number of fused-ring (bicyclic) bond motifs is 4. The van der Waals surface area contributed by atoms with Crippen LogP contribution in [0.15, 0.2) is 54.6 Å². The van der Waals surface area contributed by atoms with E-state index in [4.69, 9.17) is 9.47 Å². The Morgan fingerprint density at radius 2 is 1.43 bits per heavy atom. The minimum Gasteiger partial charge on any atom is -0.458 e. The highest BCUT2D eigenvalue weighted by Gasteiger charge is 2.39. The Kier molecular flexibility index (Phi) is 1.99. The van der Waals surface area contributed by atoms with Gasteiger partial charge in [-0.2, -0.15) is 0 Å². The maximum atomic E-state index is 6.01. The maximum Gasteiger partial charge on any atom is 0.261 e. The van der Waals surface area contributed by atoms with Gasteiger partial charge in [0, 0.05) is 11.5 Å². The van der Waals surface area contributed by atoms with Crippen molar-refractivity contribution in [2.75, 3.05) is 0 Å². The number of hydrogen-bond acceptors (Lipinski definition) is 2. The van der Waals surface area contributed by atoms with E-state index < -0.39 is 0 Å². The molecule has 0 N–H and O–H groups in total. The first-order valence-corrected chi connectivity index (χ1v) is 6.91. The molecule has 3 aromatic rings. The summed E-state index contributed by atoms with van der Waals surface area (Å²) in [6, 6.07) is 24.2. The normalized spacial score (nSPS) is 13.0. The van der Waals surface area contributed by atoms with E-state index in [2.05, 4.69) is 24.3 Å². The zero-order valence-corrected chi connectivity index (χ0v) is 11.1. The summed E-state index contributed by atoms with van der Waals surface area (Å²) in [4.78, 5) is 0. The third-order valence-corrected chi connectivity index (χ3v) is 4.08. The predicted octanol–water partition coefficient (Wildman–Crippen LogP) is 2.01. The summed E-state index contributed by atoms with van der Waals surface area (Å²) in [5.74, 6) is 3.30. The van der Waals surface area contributed by atoms with Gasteiger partial charge in [-0.3, -0.25) is 0 Å². The van der Waals surface area contributed by atoms with Crippen LogP contribution in [0.5, 0.6) is 23.0 Å². The second kappa shape index (κ2) is 3.83. The molecule has 2 aliphatic rings. The molecule has 0 radical (unpaired) electrons. The van der Waals surface area contributed by atoms with E-state index in [1.165, 1.54) is 10.9 Å². The first kappa shape index (κ1) is 10.9. The molecule has 5 rings (SSSR count). The average Bonchev–Trinajstić information content (AvgIpc) is 2.54. The van der Waals surface area contributed by atoms with Crippen LogP contribution in [0.4, 0.5) is 0 Å². The van der Waals surface area contributed by atoms with Crippen molar-refractivity contribution < 1.29 is 9.47 Å². The van der Waals surface area contributed by atoms with Crippen LogP contribution >= 0.6 is 0 Å². The van der Waals surface area contributed by atoms with Gasteiger partial charge in [0.25, 0.3) is 6.71 Å². The lowest BCUT2D eigenvalue weighted by Gasteiger charge is -2.31. The highest BCUT2D eigenvalue weighted by atomic mass is 16.5. The molecule has 3 aromatic carbocycles. The van der Waals surface area contributed by atoms with Gasteiger partial charge in [-0.1, -0.05) is 42.5 Å². The third kappa shape index (κ3) is 1.39. The number of ether oxygens (including phenoxy) is 2. The van der Waals surface area contributed by atoms with E-state index >= 15 is 0 Å². The fraction of sp³-hybridized carbons (Fsp3) is 0. The molecule has 3 heteroatoms. The molecule has 0 amide bonds. The van der Waals surface area contributed by atoms with Crippen LogP contribution in [0.1, 0.15) is 0 Å². The molecule has 0 spiro atoms. The van der Waals surface area contributed by atoms with Crippen molar-refractivity contribution in [1.82, 2.24) is 0 Å². The summed E-state index contributed by atoms with van der Waals surface area (Å²) in [5.41, 5.74) is 3.38. The van der Waals surface area contributed by atoms with Crippen molar-refractivity contribution in [3.8, 4) is 23.0 Å². The largest absolute Gasteiger partial charge is 0.458 e. The lowest BCUT2D eigenvalue weighted by molar-refractivity contribution is 0.465. The Hall–Kier alpha value is -2.86.